The van der Waals surface area contributed by atoms with Crippen LogP contribution >= 0.6 is 0 Å². The van der Waals surface area contributed by atoms with E-state index in [9.17, 15) is 4.79 Å². The predicted octanol–water partition coefficient (Wildman–Crippen LogP) is 4.74. The quantitative estimate of drug-likeness (QED) is 0.732. The summed E-state index contributed by atoms with van der Waals surface area (Å²) in [6.45, 7) is 6.33. The van der Waals surface area contributed by atoms with Gasteiger partial charge in [0.25, 0.3) is 0 Å². The standard InChI is InChI=1S/C20H20N2O2/c1-20(2,3)19-21-16(13-7-5-4-6-8-13)17(22-19)14-9-11-15(12-10-14)18(23)24/h4-12H,1-3H3,(H,21,22)(H,23,24). The summed E-state index contributed by atoms with van der Waals surface area (Å²) in [6.07, 6.45) is 0. The normalized spacial score (nSPS) is 11.5. The van der Waals surface area contributed by atoms with Gasteiger partial charge >= 0.3 is 5.97 Å². The van der Waals surface area contributed by atoms with Crippen LogP contribution < -0.4 is 0 Å². The highest BCUT2D eigenvalue weighted by Crippen LogP contribution is 2.33. The molecule has 3 aromatic rings. The molecule has 0 bridgehead atoms. The van der Waals surface area contributed by atoms with Gasteiger partial charge in [0.15, 0.2) is 0 Å². The number of imidazole rings is 1. The summed E-state index contributed by atoms with van der Waals surface area (Å²) in [4.78, 5) is 19.3. The number of benzene rings is 2. The van der Waals surface area contributed by atoms with Gasteiger partial charge in [0, 0.05) is 16.5 Å². The highest BCUT2D eigenvalue weighted by atomic mass is 16.4. The van der Waals surface area contributed by atoms with Crippen LogP contribution in [-0.4, -0.2) is 21.0 Å². The number of rotatable bonds is 3. The average Bonchev–Trinajstić information content (AvgIpc) is 3.01. The van der Waals surface area contributed by atoms with Crippen LogP contribution in [0.15, 0.2) is 54.6 Å². The van der Waals surface area contributed by atoms with Crippen LogP contribution in [0.2, 0.25) is 0 Å². The predicted molar refractivity (Wildman–Crippen MR) is 95.1 cm³/mol. The third kappa shape index (κ3) is 3.08. The number of carboxylic acid groups (broad SMARTS) is 1. The maximum atomic E-state index is 11.1. The number of hydrogen-bond acceptors (Lipinski definition) is 2. The average molecular weight is 320 g/mol. The first-order valence-electron chi connectivity index (χ1n) is 7.86. The molecule has 122 valence electrons. The fraction of sp³-hybridized carbons (Fsp3) is 0.200. The van der Waals surface area contributed by atoms with E-state index in [1.807, 2.05) is 42.5 Å². The van der Waals surface area contributed by atoms with Crippen molar-refractivity contribution in [2.24, 2.45) is 0 Å². The fourth-order valence-electron chi connectivity index (χ4n) is 2.52. The minimum atomic E-state index is -0.926. The van der Waals surface area contributed by atoms with Crippen LogP contribution in [0.25, 0.3) is 22.5 Å². The number of aromatic nitrogens is 2. The van der Waals surface area contributed by atoms with Crippen molar-refractivity contribution in [1.82, 2.24) is 9.97 Å². The lowest BCUT2D eigenvalue weighted by molar-refractivity contribution is 0.0697. The Hall–Kier alpha value is -2.88. The number of hydrogen-bond donors (Lipinski definition) is 2. The Labute approximate surface area is 141 Å². The van der Waals surface area contributed by atoms with Gasteiger partial charge in [-0.1, -0.05) is 63.2 Å². The first kappa shape index (κ1) is 16.0. The summed E-state index contributed by atoms with van der Waals surface area (Å²) in [7, 11) is 0. The second kappa shape index (κ2) is 5.96. The SMILES string of the molecule is CC(C)(C)c1nc(-c2ccccc2)c(-c2ccc(C(=O)O)cc2)[nH]1. The molecule has 1 aromatic heterocycles. The van der Waals surface area contributed by atoms with Crippen LogP contribution in [0.1, 0.15) is 37.0 Å². The van der Waals surface area contributed by atoms with Gasteiger partial charge in [0.1, 0.15) is 5.82 Å². The summed E-state index contributed by atoms with van der Waals surface area (Å²) < 4.78 is 0. The molecule has 0 fully saturated rings. The van der Waals surface area contributed by atoms with Gasteiger partial charge in [-0.15, -0.1) is 0 Å². The van der Waals surface area contributed by atoms with Crippen LogP contribution in [0.5, 0.6) is 0 Å². The van der Waals surface area contributed by atoms with E-state index in [-0.39, 0.29) is 11.0 Å². The van der Waals surface area contributed by atoms with Crippen molar-refractivity contribution in [2.45, 2.75) is 26.2 Å². The van der Waals surface area contributed by atoms with E-state index in [2.05, 4.69) is 25.8 Å². The third-order valence-electron chi connectivity index (χ3n) is 3.88. The van der Waals surface area contributed by atoms with E-state index >= 15 is 0 Å². The smallest absolute Gasteiger partial charge is 0.335 e. The molecule has 0 aliphatic heterocycles. The molecule has 0 saturated carbocycles. The molecule has 0 radical (unpaired) electrons. The third-order valence-corrected chi connectivity index (χ3v) is 3.88. The molecule has 4 heteroatoms. The number of aromatic amines is 1. The number of carboxylic acids is 1. The molecule has 2 N–H and O–H groups in total. The van der Waals surface area contributed by atoms with Crippen molar-refractivity contribution in [3.05, 3.63) is 66.0 Å². The Morgan fingerprint density at radius 3 is 2.12 bits per heavy atom. The monoisotopic (exact) mass is 320 g/mol. The van der Waals surface area contributed by atoms with E-state index in [0.717, 1.165) is 28.3 Å². The highest BCUT2D eigenvalue weighted by Gasteiger charge is 2.22. The lowest BCUT2D eigenvalue weighted by Gasteiger charge is -2.14. The van der Waals surface area contributed by atoms with Crippen LogP contribution in [0, 0.1) is 0 Å². The Morgan fingerprint density at radius 1 is 0.958 bits per heavy atom. The molecule has 2 aromatic carbocycles. The molecule has 0 atom stereocenters. The van der Waals surface area contributed by atoms with Gasteiger partial charge in [-0.05, 0) is 12.1 Å². The van der Waals surface area contributed by atoms with Crippen molar-refractivity contribution in [1.29, 1.82) is 0 Å². The Kier molecular flexibility index (Phi) is 3.97. The first-order chi connectivity index (χ1) is 11.4. The molecular weight excluding hydrogens is 300 g/mol. The van der Waals surface area contributed by atoms with Gasteiger partial charge in [0.2, 0.25) is 0 Å². The van der Waals surface area contributed by atoms with Crippen molar-refractivity contribution in [3.8, 4) is 22.5 Å². The summed E-state index contributed by atoms with van der Waals surface area (Å²) in [5, 5.41) is 9.07. The number of H-pyrrole nitrogens is 1. The van der Waals surface area contributed by atoms with Crippen LogP contribution in [0.3, 0.4) is 0 Å². The first-order valence-corrected chi connectivity index (χ1v) is 7.86. The largest absolute Gasteiger partial charge is 0.478 e. The second-order valence-electron chi connectivity index (χ2n) is 6.81. The number of aromatic carboxylic acids is 1. The van der Waals surface area contributed by atoms with E-state index in [4.69, 9.17) is 10.1 Å². The zero-order valence-electron chi connectivity index (χ0n) is 14.0. The van der Waals surface area contributed by atoms with Gasteiger partial charge in [0.05, 0.1) is 17.0 Å². The van der Waals surface area contributed by atoms with Gasteiger partial charge in [-0.25, -0.2) is 9.78 Å². The van der Waals surface area contributed by atoms with Crippen molar-refractivity contribution in [2.75, 3.05) is 0 Å². The molecule has 3 rings (SSSR count). The molecule has 0 aliphatic carbocycles. The van der Waals surface area contributed by atoms with Gasteiger partial charge in [-0.2, -0.15) is 0 Å². The Balaban J connectivity index is 2.15. The number of carbonyl (C=O) groups is 1. The van der Waals surface area contributed by atoms with E-state index in [1.54, 1.807) is 12.1 Å². The summed E-state index contributed by atoms with van der Waals surface area (Å²) in [6, 6.07) is 16.9. The van der Waals surface area contributed by atoms with Gasteiger partial charge < -0.3 is 10.1 Å². The Morgan fingerprint density at radius 2 is 1.58 bits per heavy atom. The lowest BCUT2D eigenvalue weighted by Crippen LogP contribution is -2.13. The summed E-state index contributed by atoms with van der Waals surface area (Å²) in [5.74, 6) is -0.0245. The van der Waals surface area contributed by atoms with Crippen LogP contribution in [0.4, 0.5) is 0 Å². The van der Waals surface area contributed by atoms with Crippen LogP contribution in [-0.2, 0) is 5.41 Å². The molecule has 0 amide bonds. The molecule has 0 unspecified atom stereocenters. The Bertz CT molecular complexity index is 857. The van der Waals surface area contributed by atoms with Crippen molar-refractivity contribution in [3.63, 3.8) is 0 Å². The fourth-order valence-corrected chi connectivity index (χ4v) is 2.52. The molecule has 4 nitrogen and oxygen atoms in total. The minimum absolute atomic E-state index is 0.108. The molecular formula is C20H20N2O2. The zero-order chi connectivity index (χ0) is 17.3. The number of nitrogens with zero attached hydrogens (tertiary/aromatic N) is 1. The summed E-state index contributed by atoms with van der Waals surface area (Å²) in [5.41, 5.74) is 3.90. The van der Waals surface area contributed by atoms with E-state index in [1.165, 1.54) is 0 Å². The molecule has 1 heterocycles. The molecule has 0 spiro atoms. The topological polar surface area (TPSA) is 66.0 Å². The second-order valence-corrected chi connectivity index (χ2v) is 6.81. The molecule has 0 saturated heterocycles. The summed E-state index contributed by atoms with van der Waals surface area (Å²) >= 11 is 0. The lowest BCUT2D eigenvalue weighted by atomic mass is 9.96. The highest BCUT2D eigenvalue weighted by molar-refractivity contribution is 5.89. The maximum Gasteiger partial charge on any atom is 0.335 e. The van der Waals surface area contributed by atoms with E-state index < -0.39 is 5.97 Å². The van der Waals surface area contributed by atoms with Crippen molar-refractivity contribution < 1.29 is 9.90 Å². The maximum absolute atomic E-state index is 11.1. The minimum Gasteiger partial charge on any atom is -0.478 e. The molecule has 0 aliphatic rings. The van der Waals surface area contributed by atoms with Crippen molar-refractivity contribution >= 4 is 5.97 Å². The van der Waals surface area contributed by atoms with Gasteiger partial charge in [-0.3, -0.25) is 0 Å². The molecule has 24 heavy (non-hydrogen) atoms. The zero-order valence-corrected chi connectivity index (χ0v) is 14.0. The number of nitrogens with one attached hydrogen (secondary N) is 1. The van der Waals surface area contributed by atoms with E-state index in [0.29, 0.717) is 0 Å².